The van der Waals surface area contributed by atoms with Gasteiger partial charge in [0.2, 0.25) is 5.91 Å². The number of phenols is 1. The first-order valence-corrected chi connectivity index (χ1v) is 5.00. The Balaban J connectivity index is 2.11. The highest BCUT2D eigenvalue weighted by molar-refractivity contribution is 5.76. The van der Waals surface area contributed by atoms with Gasteiger partial charge in [0.25, 0.3) is 0 Å². The molecule has 2 rings (SSSR count). The standard InChI is InChI=1S/C11H14N2O2/c12-11(15)6-13-10-4-1-7-5-8(14)2-3-9(7)10/h2-3,5,10,13-14H,1,4,6H2,(H2,12,15). The molecule has 1 aliphatic carbocycles. The van der Waals surface area contributed by atoms with Crippen molar-refractivity contribution in [2.75, 3.05) is 6.54 Å². The van der Waals surface area contributed by atoms with E-state index in [0.29, 0.717) is 5.75 Å². The Morgan fingerprint density at radius 1 is 1.60 bits per heavy atom. The molecule has 0 bridgehead atoms. The largest absolute Gasteiger partial charge is 0.508 e. The molecule has 1 aromatic rings. The van der Waals surface area contributed by atoms with Crippen LogP contribution in [0.3, 0.4) is 0 Å². The van der Waals surface area contributed by atoms with E-state index in [9.17, 15) is 9.90 Å². The second kappa shape index (κ2) is 3.90. The van der Waals surface area contributed by atoms with Crippen molar-refractivity contribution in [2.45, 2.75) is 18.9 Å². The predicted octanol–water partition coefficient (Wildman–Crippen LogP) is 0.454. The minimum atomic E-state index is -0.345. The number of fused-ring (bicyclic) bond motifs is 1. The van der Waals surface area contributed by atoms with Crippen LogP contribution in [0.2, 0.25) is 0 Å². The zero-order chi connectivity index (χ0) is 10.8. The van der Waals surface area contributed by atoms with E-state index in [2.05, 4.69) is 5.32 Å². The summed E-state index contributed by atoms with van der Waals surface area (Å²) in [6.07, 6.45) is 1.88. The first-order valence-electron chi connectivity index (χ1n) is 5.00. The molecule has 0 spiro atoms. The smallest absolute Gasteiger partial charge is 0.231 e. The lowest BCUT2D eigenvalue weighted by atomic mass is 10.1. The number of nitrogens with two attached hydrogens (primary N) is 1. The van der Waals surface area contributed by atoms with Crippen molar-refractivity contribution in [1.82, 2.24) is 5.32 Å². The van der Waals surface area contributed by atoms with E-state index in [1.165, 1.54) is 0 Å². The maximum Gasteiger partial charge on any atom is 0.231 e. The maximum absolute atomic E-state index is 10.6. The van der Waals surface area contributed by atoms with Crippen LogP contribution in [0, 0.1) is 0 Å². The van der Waals surface area contributed by atoms with E-state index in [4.69, 9.17) is 5.73 Å². The monoisotopic (exact) mass is 206 g/mol. The van der Waals surface area contributed by atoms with Crippen LogP contribution in [0.25, 0.3) is 0 Å². The summed E-state index contributed by atoms with van der Waals surface area (Å²) in [5.41, 5.74) is 7.38. The van der Waals surface area contributed by atoms with Crippen molar-refractivity contribution in [3.8, 4) is 5.75 Å². The fourth-order valence-electron chi connectivity index (χ4n) is 2.04. The van der Waals surface area contributed by atoms with E-state index in [-0.39, 0.29) is 18.5 Å². The summed E-state index contributed by atoms with van der Waals surface area (Å²) in [7, 11) is 0. The topological polar surface area (TPSA) is 75.4 Å². The van der Waals surface area contributed by atoms with Gasteiger partial charge in [0, 0.05) is 6.04 Å². The number of hydrogen-bond acceptors (Lipinski definition) is 3. The summed E-state index contributed by atoms with van der Waals surface area (Å²) in [5, 5.41) is 12.4. The number of carbonyl (C=O) groups excluding carboxylic acids is 1. The van der Waals surface area contributed by atoms with Crippen LogP contribution in [0.5, 0.6) is 5.75 Å². The Kier molecular flexibility index (Phi) is 2.60. The number of phenolic OH excluding ortho intramolecular Hbond substituents is 1. The maximum atomic E-state index is 10.6. The molecule has 1 amide bonds. The Bertz CT molecular complexity index is 390. The Hall–Kier alpha value is -1.55. The first-order chi connectivity index (χ1) is 7.16. The highest BCUT2D eigenvalue weighted by Crippen LogP contribution is 2.32. The number of rotatable bonds is 3. The van der Waals surface area contributed by atoms with Crippen LogP contribution in [-0.4, -0.2) is 17.6 Å². The molecular weight excluding hydrogens is 192 g/mol. The van der Waals surface area contributed by atoms with E-state index in [1.807, 2.05) is 6.07 Å². The second-order valence-electron chi connectivity index (χ2n) is 3.82. The van der Waals surface area contributed by atoms with Crippen LogP contribution >= 0.6 is 0 Å². The molecule has 1 aromatic carbocycles. The second-order valence-corrected chi connectivity index (χ2v) is 3.82. The minimum absolute atomic E-state index is 0.188. The van der Waals surface area contributed by atoms with Gasteiger partial charge in [0.05, 0.1) is 6.54 Å². The van der Waals surface area contributed by atoms with Gasteiger partial charge in [-0.15, -0.1) is 0 Å². The molecule has 0 heterocycles. The van der Waals surface area contributed by atoms with Gasteiger partial charge in [-0.05, 0) is 36.1 Å². The minimum Gasteiger partial charge on any atom is -0.508 e. The van der Waals surface area contributed by atoms with E-state index in [0.717, 1.165) is 24.0 Å². The van der Waals surface area contributed by atoms with Gasteiger partial charge in [0.1, 0.15) is 5.75 Å². The van der Waals surface area contributed by atoms with Gasteiger partial charge in [-0.25, -0.2) is 0 Å². The van der Waals surface area contributed by atoms with Gasteiger partial charge in [0.15, 0.2) is 0 Å². The number of amides is 1. The number of primary amides is 1. The SMILES string of the molecule is NC(=O)CNC1CCc2cc(O)ccc21. The average molecular weight is 206 g/mol. The number of aromatic hydroxyl groups is 1. The summed E-state index contributed by atoms with van der Waals surface area (Å²) in [6.45, 7) is 0.199. The summed E-state index contributed by atoms with van der Waals surface area (Å²) in [4.78, 5) is 10.6. The van der Waals surface area contributed by atoms with Crippen LogP contribution < -0.4 is 11.1 Å². The molecule has 0 fully saturated rings. The third kappa shape index (κ3) is 2.10. The first kappa shape index (κ1) is 9.98. The summed E-state index contributed by atoms with van der Waals surface area (Å²) < 4.78 is 0. The van der Waals surface area contributed by atoms with Gasteiger partial charge < -0.3 is 16.2 Å². The fourth-order valence-corrected chi connectivity index (χ4v) is 2.04. The lowest BCUT2D eigenvalue weighted by molar-refractivity contribution is -0.117. The van der Waals surface area contributed by atoms with Crippen LogP contribution in [0.4, 0.5) is 0 Å². The van der Waals surface area contributed by atoms with Gasteiger partial charge in [-0.1, -0.05) is 6.07 Å². The Labute approximate surface area is 88.1 Å². The molecule has 4 nitrogen and oxygen atoms in total. The van der Waals surface area contributed by atoms with Crippen LogP contribution in [0.1, 0.15) is 23.6 Å². The van der Waals surface area contributed by atoms with Crippen LogP contribution in [-0.2, 0) is 11.2 Å². The Morgan fingerprint density at radius 3 is 3.13 bits per heavy atom. The molecule has 80 valence electrons. The molecular formula is C11H14N2O2. The molecule has 0 radical (unpaired) electrons. The van der Waals surface area contributed by atoms with Gasteiger partial charge >= 0.3 is 0 Å². The fraction of sp³-hybridized carbons (Fsp3) is 0.364. The molecule has 0 saturated carbocycles. The highest BCUT2D eigenvalue weighted by atomic mass is 16.3. The summed E-state index contributed by atoms with van der Waals surface area (Å²) in [5.74, 6) is -0.0495. The molecule has 1 aliphatic rings. The third-order valence-electron chi connectivity index (χ3n) is 2.73. The van der Waals surface area contributed by atoms with Crippen molar-refractivity contribution in [2.24, 2.45) is 5.73 Å². The zero-order valence-corrected chi connectivity index (χ0v) is 8.36. The van der Waals surface area contributed by atoms with E-state index < -0.39 is 0 Å². The number of hydrogen-bond donors (Lipinski definition) is 3. The van der Waals surface area contributed by atoms with Crippen molar-refractivity contribution in [1.29, 1.82) is 0 Å². The van der Waals surface area contributed by atoms with Gasteiger partial charge in [-0.3, -0.25) is 4.79 Å². The predicted molar refractivity (Wildman–Crippen MR) is 56.4 cm³/mol. The normalized spacial score (nSPS) is 18.8. The quantitative estimate of drug-likeness (QED) is 0.672. The summed E-state index contributed by atoms with van der Waals surface area (Å²) in [6, 6.07) is 5.54. The van der Waals surface area contributed by atoms with Crippen molar-refractivity contribution in [3.63, 3.8) is 0 Å². The van der Waals surface area contributed by atoms with E-state index >= 15 is 0 Å². The molecule has 15 heavy (non-hydrogen) atoms. The molecule has 1 atom stereocenters. The molecule has 4 heteroatoms. The molecule has 0 aromatic heterocycles. The zero-order valence-electron chi connectivity index (χ0n) is 8.36. The average Bonchev–Trinajstić information content (AvgIpc) is 2.57. The molecule has 0 saturated heterocycles. The number of benzene rings is 1. The number of nitrogens with one attached hydrogen (secondary N) is 1. The number of aryl methyl sites for hydroxylation is 1. The highest BCUT2D eigenvalue weighted by Gasteiger charge is 2.22. The third-order valence-corrected chi connectivity index (χ3v) is 2.73. The molecule has 1 unspecified atom stereocenters. The Morgan fingerprint density at radius 2 is 2.40 bits per heavy atom. The molecule has 0 aliphatic heterocycles. The summed E-state index contributed by atoms with van der Waals surface area (Å²) >= 11 is 0. The van der Waals surface area contributed by atoms with Crippen LogP contribution in [0.15, 0.2) is 18.2 Å². The van der Waals surface area contributed by atoms with E-state index in [1.54, 1.807) is 12.1 Å². The van der Waals surface area contributed by atoms with Crippen molar-refractivity contribution >= 4 is 5.91 Å². The van der Waals surface area contributed by atoms with Gasteiger partial charge in [-0.2, -0.15) is 0 Å². The molecule has 4 N–H and O–H groups in total. The number of carbonyl (C=O) groups is 1. The lowest BCUT2D eigenvalue weighted by Gasteiger charge is -2.12. The lowest BCUT2D eigenvalue weighted by Crippen LogP contribution is -2.30. The van der Waals surface area contributed by atoms with Crippen molar-refractivity contribution in [3.05, 3.63) is 29.3 Å². The van der Waals surface area contributed by atoms with Crippen molar-refractivity contribution < 1.29 is 9.90 Å².